The van der Waals surface area contributed by atoms with Crippen LogP contribution in [-0.4, -0.2) is 68.1 Å². The van der Waals surface area contributed by atoms with Crippen LogP contribution in [0.2, 0.25) is 5.02 Å². The average molecular weight is 536 g/mol. The van der Waals surface area contributed by atoms with Gasteiger partial charge in [-0.25, -0.2) is 24.3 Å². The van der Waals surface area contributed by atoms with E-state index in [9.17, 15) is 14.3 Å². The molecular weight excluding hydrogens is 509 g/mol. The third kappa shape index (κ3) is 5.23. The predicted molar refractivity (Wildman–Crippen MR) is 145 cm³/mol. The van der Waals surface area contributed by atoms with Crippen molar-refractivity contribution in [1.82, 2.24) is 24.8 Å². The van der Waals surface area contributed by atoms with Crippen LogP contribution in [0.1, 0.15) is 25.5 Å². The van der Waals surface area contributed by atoms with Crippen molar-refractivity contribution in [3.05, 3.63) is 71.5 Å². The topological polar surface area (TPSA) is 107 Å². The molecule has 1 aliphatic heterocycles. The van der Waals surface area contributed by atoms with Gasteiger partial charge in [-0.2, -0.15) is 0 Å². The zero-order chi connectivity index (χ0) is 26.8. The fourth-order valence-corrected chi connectivity index (χ4v) is 4.78. The Morgan fingerprint density at radius 1 is 1.00 bits per heavy atom. The third-order valence-electron chi connectivity index (χ3n) is 6.88. The second-order valence-corrected chi connectivity index (χ2v) is 9.68. The molecular formula is C27H27ClFN7O2. The van der Waals surface area contributed by atoms with E-state index in [0.29, 0.717) is 59.4 Å². The lowest BCUT2D eigenvalue weighted by atomic mass is 10.1. The molecule has 5 rings (SSSR count). The number of anilines is 2. The lowest BCUT2D eigenvalue weighted by molar-refractivity contribution is -0.142. The molecule has 1 saturated heterocycles. The fraction of sp³-hybridized carbons (Fsp3) is 0.296. The first-order valence-electron chi connectivity index (χ1n) is 12.3. The molecule has 0 bridgehead atoms. The van der Waals surface area contributed by atoms with Crippen molar-refractivity contribution in [3.8, 4) is 11.1 Å². The van der Waals surface area contributed by atoms with Crippen LogP contribution < -0.4 is 10.2 Å². The summed E-state index contributed by atoms with van der Waals surface area (Å²) in [6.07, 6.45) is 6.72. The number of aliphatic carboxylic acids is 1. The second kappa shape index (κ2) is 10.8. The normalized spacial score (nSPS) is 15.8. The highest BCUT2D eigenvalue weighted by atomic mass is 35.5. The van der Waals surface area contributed by atoms with Gasteiger partial charge in [-0.1, -0.05) is 29.8 Å². The lowest BCUT2D eigenvalue weighted by Gasteiger charge is -2.36. The van der Waals surface area contributed by atoms with Crippen molar-refractivity contribution in [2.45, 2.75) is 25.9 Å². The van der Waals surface area contributed by atoms with Crippen molar-refractivity contribution < 1.29 is 14.3 Å². The summed E-state index contributed by atoms with van der Waals surface area (Å²) in [5.41, 5.74) is 3.21. The van der Waals surface area contributed by atoms with Crippen molar-refractivity contribution in [2.24, 2.45) is 0 Å². The first-order chi connectivity index (χ1) is 18.3. The van der Waals surface area contributed by atoms with Crippen LogP contribution in [0.25, 0.3) is 22.2 Å². The Morgan fingerprint density at radius 3 is 2.34 bits per heavy atom. The van der Waals surface area contributed by atoms with Crippen LogP contribution in [0.4, 0.5) is 16.0 Å². The number of hydrogen-bond donors (Lipinski definition) is 2. The van der Waals surface area contributed by atoms with Gasteiger partial charge in [-0.05, 0) is 26.0 Å². The molecule has 3 aromatic heterocycles. The van der Waals surface area contributed by atoms with E-state index in [1.807, 2.05) is 22.8 Å². The van der Waals surface area contributed by atoms with Crippen molar-refractivity contribution in [3.63, 3.8) is 0 Å². The molecule has 1 fully saturated rings. The van der Waals surface area contributed by atoms with Gasteiger partial charge in [0.15, 0.2) is 5.65 Å². The monoisotopic (exact) mass is 535 g/mol. The number of nitrogens with zero attached hydrogens (tertiary/aromatic N) is 6. The summed E-state index contributed by atoms with van der Waals surface area (Å²) < 4.78 is 14.4. The molecule has 38 heavy (non-hydrogen) atoms. The molecule has 0 spiro atoms. The molecule has 0 radical (unpaired) electrons. The summed E-state index contributed by atoms with van der Waals surface area (Å²) in [6, 6.07) is 7.68. The molecule has 2 N–H and O–H groups in total. The van der Waals surface area contributed by atoms with Crippen molar-refractivity contribution >= 4 is 40.2 Å². The maximum atomic E-state index is 14.4. The standard InChI is InChI=1S/C27H27ClFN7O2/c1-16(20-5-3-4-6-23(20)29)34-24-21-11-18(12-30-25(21)31-15-22(24)28)19-13-32-27(33-14-19)36-9-7-35(8-10-36)17(2)26(37)38/h3-6,11-17H,7-10H2,1-2H3,(H,37,38)(H,30,31,34). The van der Waals surface area contributed by atoms with Gasteiger partial charge >= 0.3 is 5.97 Å². The minimum absolute atomic E-state index is 0.296. The summed E-state index contributed by atoms with van der Waals surface area (Å²) in [6.45, 7) is 6.12. The predicted octanol–water partition coefficient (Wildman–Crippen LogP) is 4.65. The van der Waals surface area contributed by atoms with Crippen LogP contribution in [0.15, 0.2) is 55.1 Å². The number of halogens is 2. The molecule has 0 saturated carbocycles. The summed E-state index contributed by atoms with van der Waals surface area (Å²) in [5, 5.41) is 13.7. The van der Waals surface area contributed by atoms with Gasteiger partial charge in [0.1, 0.15) is 11.9 Å². The molecule has 0 aliphatic carbocycles. The summed E-state index contributed by atoms with van der Waals surface area (Å²) >= 11 is 6.51. The van der Waals surface area contributed by atoms with E-state index in [-0.39, 0.29) is 11.9 Å². The number of carboxylic acid groups (broad SMARTS) is 1. The minimum Gasteiger partial charge on any atom is -0.480 e. The summed E-state index contributed by atoms with van der Waals surface area (Å²) in [5.74, 6) is -0.522. The Bertz CT molecular complexity index is 1460. The van der Waals surface area contributed by atoms with Crippen LogP contribution in [-0.2, 0) is 4.79 Å². The van der Waals surface area contributed by atoms with Gasteiger partial charge in [-0.15, -0.1) is 0 Å². The highest BCUT2D eigenvalue weighted by Gasteiger charge is 2.26. The third-order valence-corrected chi connectivity index (χ3v) is 7.17. The maximum Gasteiger partial charge on any atom is 0.320 e. The highest BCUT2D eigenvalue weighted by molar-refractivity contribution is 6.34. The van der Waals surface area contributed by atoms with Gasteiger partial charge in [0.2, 0.25) is 5.95 Å². The average Bonchev–Trinajstić information content (AvgIpc) is 2.94. The maximum absolute atomic E-state index is 14.4. The minimum atomic E-state index is -0.820. The highest BCUT2D eigenvalue weighted by Crippen LogP contribution is 2.34. The fourth-order valence-electron chi connectivity index (χ4n) is 4.58. The molecule has 0 amide bonds. The molecule has 4 aromatic rings. The first-order valence-corrected chi connectivity index (χ1v) is 12.7. The number of hydrogen-bond acceptors (Lipinski definition) is 8. The van der Waals surface area contributed by atoms with Gasteiger partial charge in [0, 0.05) is 66.8 Å². The smallest absolute Gasteiger partial charge is 0.320 e. The van der Waals surface area contributed by atoms with E-state index >= 15 is 0 Å². The summed E-state index contributed by atoms with van der Waals surface area (Å²) in [4.78, 5) is 33.2. The molecule has 4 heterocycles. The Balaban J connectivity index is 1.37. The quantitative estimate of drug-likeness (QED) is 0.349. The van der Waals surface area contributed by atoms with E-state index < -0.39 is 12.0 Å². The van der Waals surface area contributed by atoms with E-state index in [1.165, 1.54) is 12.3 Å². The van der Waals surface area contributed by atoms with E-state index in [4.69, 9.17) is 11.6 Å². The van der Waals surface area contributed by atoms with Crippen molar-refractivity contribution in [2.75, 3.05) is 36.4 Å². The van der Waals surface area contributed by atoms with Crippen LogP contribution in [0.5, 0.6) is 0 Å². The van der Waals surface area contributed by atoms with Gasteiger partial charge in [-0.3, -0.25) is 9.69 Å². The molecule has 1 aromatic carbocycles. The summed E-state index contributed by atoms with van der Waals surface area (Å²) in [7, 11) is 0. The second-order valence-electron chi connectivity index (χ2n) is 9.27. The Kier molecular flexibility index (Phi) is 7.35. The molecule has 2 unspecified atom stereocenters. The van der Waals surface area contributed by atoms with E-state index in [2.05, 4.69) is 25.3 Å². The van der Waals surface area contributed by atoms with E-state index in [0.717, 1.165) is 11.1 Å². The molecule has 11 heteroatoms. The largest absolute Gasteiger partial charge is 0.480 e. The number of pyridine rings is 2. The Hall–Kier alpha value is -3.89. The molecule has 1 aliphatic rings. The number of rotatable bonds is 7. The zero-order valence-electron chi connectivity index (χ0n) is 21.0. The number of nitrogens with one attached hydrogen (secondary N) is 1. The van der Waals surface area contributed by atoms with Crippen LogP contribution in [0.3, 0.4) is 0 Å². The zero-order valence-corrected chi connectivity index (χ0v) is 21.7. The SMILES string of the molecule is CC(Nc1c(Cl)cnc2ncc(-c3cnc(N4CCN(C(C)C(=O)O)CC4)nc3)cc12)c1ccccc1F. The number of aromatic nitrogens is 4. The Labute approximate surface area is 224 Å². The van der Waals surface area contributed by atoms with Crippen LogP contribution in [0, 0.1) is 5.82 Å². The molecule has 196 valence electrons. The number of carboxylic acids is 1. The first kappa shape index (κ1) is 25.7. The molecule has 2 atom stereocenters. The van der Waals surface area contributed by atoms with Gasteiger partial charge in [0.05, 0.1) is 22.9 Å². The lowest BCUT2D eigenvalue weighted by Crippen LogP contribution is -2.52. The number of benzene rings is 1. The number of fused-ring (bicyclic) bond motifs is 1. The van der Waals surface area contributed by atoms with E-state index in [1.54, 1.807) is 43.7 Å². The van der Waals surface area contributed by atoms with Crippen molar-refractivity contribution in [1.29, 1.82) is 0 Å². The number of piperazine rings is 1. The van der Waals surface area contributed by atoms with Gasteiger partial charge < -0.3 is 15.3 Å². The van der Waals surface area contributed by atoms with Crippen LogP contribution >= 0.6 is 11.6 Å². The molecule has 9 nitrogen and oxygen atoms in total. The van der Waals surface area contributed by atoms with Gasteiger partial charge in [0.25, 0.3) is 0 Å². The Morgan fingerprint density at radius 2 is 1.66 bits per heavy atom. The number of carbonyl (C=O) groups is 1.